The predicted molar refractivity (Wildman–Crippen MR) is 75.2 cm³/mol. The lowest BCUT2D eigenvalue weighted by Crippen LogP contribution is -2.41. The second-order valence-corrected chi connectivity index (χ2v) is 7.29. The lowest BCUT2D eigenvalue weighted by Gasteiger charge is -2.26. The van der Waals surface area contributed by atoms with Crippen LogP contribution in [0.1, 0.15) is 22.3 Å². The fourth-order valence-electron chi connectivity index (χ4n) is 2.25. The number of carbonyl (C=O) groups is 1. The lowest BCUT2D eigenvalue weighted by atomic mass is 10.0. The molecule has 1 aliphatic rings. The summed E-state index contributed by atoms with van der Waals surface area (Å²) in [5.74, 6) is 0.559. The summed E-state index contributed by atoms with van der Waals surface area (Å²) in [5.41, 5.74) is 1.76. The molecular weight excluding hydrogens is 262 g/mol. The molecule has 1 aromatic carbocycles. The van der Waals surface area contributed by atoms with Gasteiger partial charge in [-0.25, -0.2) is 8.42 Å². The monoisotopic (exact) mass is 281 g/mol. The Bertz CT molecular complexity index is 552. The van der Waals surface area contributed by atoms with Gasteiger partial charge in [-0.05, 0) is 12.5 Å². The van der Waals surface area contributed by atoms with Crippen molar-refractivity contribution in [2.24, 2.45) is 0 Å². The van der Waals surface area contributed by atoms with Crippen molar-refractivity contribution in [2.75, 3.05) is 31.1 Å². The zero-order valence-electron chi connectivity index (χ0n) is 11.1. The van der Waals surface area contributed by atoms with Crippen molar-refractivity contribution in [1.29, 1.82) is 0 Å². The molecule has 19 heavy (non-hydrogen) atoms. The summed E-state index contributed by atoms with van der Waals surface area (Å²) in [7, 11) is -2.84. The van der Waals surface area contributed by atoms with E-state index in [-0.39, 0.29) is 17.3 Å². The van der Waals surface area contributed by atoms with E-state index in [2.05, 4.69) is 4.90 Å². The first-order valence-electron chi connectivity index (χ1n) is 6.49. The van der Waals surface area contributed by atoms with E-state index in [4.69, 9.17) is 0 Å². The zero-order chi connectivity index (χ0) is 13.9. The molecule has 1 aliphatic heterocycles. The van der Waals surface area contributed by atoms with Crippen molar-refractivity contribution < 1.29 is 13.2 Å². The van der Waals surface area contributed by atoms with Crippen LogP contribution in [0.3, 0.4) is 0 Å². The first-order chi connectivity index (χ1) is 8.98. The SMILES string of the molecule is Cc1ccccc1C(=O)CCN1CCS(=O)(=O)CC1. The van der Waals surface area contributed by atoms with Crippen molar-refractivity contribution in [2.45, 2.75) is 13.3 Å². The van der Waals surface area contributed by atoms with Gasteiger partial charge in [-0.3, -0.25) is 4.79 Å². The third-order valence-corrected chi connectivity index (χ3v) is 5.15. The van der Waals surface area contributed by atoms with Crippen LogP contribution in [0.4, 0.5) is 0 Å². The van der Waals surface area contributed by atoms with E-state index in [9.17, 15) is 13.2 Å². The van der Waals surface area contributed by atoms with Gasteiger partial charge in [0.2, 0.25) is 0 Å². The summed E-state index contributed by atoms with van der Waals surface area (Å²) in [4.78, 5) is 14.1. The van der Waals surface area contributed by atoms with E-state index < -0.39 is 9.84 Å². The molecule has 0 N–H and O–H groups in total. The maximum Gasteiger partial charge on any atom is 0.164 e. The van der Waals surface area contributed by atoms with E-state index in [0.717, 1.165) is 11.1 Å². The number of rotatable bonds is 4. The van der Waals surface area contributed by atoms with Gasteiger partial charge < -0.3 is 4.90 Å². The average molecular weight is 281 g/mol. The molecule has 1 heterocycles. The number of hydrogen-bond acceptors (Lipinski definition) is 4. The van der Waals surface area contributed by atoms with E-state index in [0.29, 0.717) is 26.1 Å². The molecule has 0 unspecified atom stereocenters. The molecule has 0 amide bonds. The second kappa shape index (κ2) is 5.84. The summed E-state index contributed by atoms with van der Waals surface area (Å²) in [6.07, 6.45) is 0.449. The maximum atomic E-state index is 12.1. The first kappa shape index (κ1) is 14.2. The van der Waals surface area contributed by atoms with Crippen LogP contribution in [0.2, 0.25) is 0 Å². The molecule has 0 atom stereocenters. The summed E-state index contributed by atoms with van der Waals surface area (Å²) in [6.45, 7) is 3.66. The Kier molecular flexibility index (Phi) is 4.37. The quantitative estimate of drug-likeness (QED) is 0.781. The van der Waals surface area contributed by atoms with Crippen LogP contribution in [-0.2, 0) is 9.84 Å². The van der Waals surface area contributed by atoms with Crippen molar-refractivity contribution in [3.05, 3.63) is 35.4 Å². The van der Waals surface area contributed by atoms with Gasteiger partial charge >= 0.3 is 0 Å². The van der Waals surface area contributed by atoms with Crippen LogP contribution in [0.15, 0.2) is 24.3 Å². The Hall–Kier alpha value is -1.20. The average Bonchev–Trinajstić information content (AvgIpc) is 2.38. The van der Waals surface area contributed by atoms with Gasteiger partial charge in [0.1, 0.15) is 0 Å². The van der Waals surface area contributed by atoms with Crippen LogP contribution in [0.25, 0.3) is 0 Å². The lowest BCUT2D eigenvalue weighted by molar-refractivity contribution is 0.0965. The Balaban J connectivity index is 1.87. The number of carbonyl (C=O) groups excluding carboxylic acids is 1. The van der Waals surface area contributed by atoms with Gasteiger partial charge in [0.15, 0.2) is 15.6 Å². The highest BCUT2D eigenvalue weighted by atomic mass is 32.2. The summed E-state index contributed by atoms with van der Waals surface area (Å²) >= 11 is 0. The molecule has 0 spiro atoms. The normalized spacial score (nSPS) is 19.2. The van der Waals surface area contributed by atoms with Crippen LogP contribution in [0.5, 0.6) is 0 Å². The summed E-state index contributed by atoms with van der Waals surface area (Å²) in [6, 6.07) is 7.56. The number of nitrogens with zero attached hydrogens (tertiary/aromatic N) is 1. The highest BCUT2D eigenvalue weighted by molar-refractivity contribution is 7.91. The number of hydrogen-bond donors (Lipinski definition) is 0. The Labute approximate surface area is 114 Å². The minimum Gasteiger partial charge on any atom is -0.301 e. The molecule has 104 valence electrons. The third kappa shape index (κ3) is 3.88. The number of aryl methyl sites for hydroxylation is 1. The molecule has 1 fully saturated rings. The highest BCUT2D eigenvalue weighted by Crippen LogP contribution is 2.11. The smallest absolute Gasteiger partial charge is 0.164 e. The molecule has 0 radical (unpaired) electrons. The summed E-state index contributed by atoms with van der Waals surface area (Å²) < 4.78 is 22.6. The molecule has 2 rings (SSSR count). The van der Waals surface area contributed by atoms with E-state index in [1.807, 2.05) is 31.2 Å². The third-order valence-electron chi connectivity index (χ3n) is 3.54. The van der Waals surface area contributed by atoms with Crippen LogP contribution in [-0.4, -0.2) is 50.2 Å². The van der Waals surface area contributed by atoms with E-state index in [1.165, 1.54) is 0 Å². The Morgan fingerprint density at radius 3 is 2.47 bits per heavy atom. The van der Waals surface area contributed by atoms with E-state index >= 15 is 0 Å². The van der Waals surface area contributed by atoms with Crippen LogP contribution in [0, 0.1) is 6.92 Å². The molecule has 1 saturated heterocycles. The van der Waals surface area contributed by atoms with Crippen molar-refractivity contribution >= 4 is 15.6 Å². The van der Waals surface area contributed by atoms with E-state index in [1.54, 1.807) is 0 Å². The van der Waals surface area contributed by atoms with Gasteiger partial charge in [0, 0.05) is 31.6 Å². The molecule has 0 bridgehead atoms. The maximum absolute atomic E-state index is 12.1. The predicted octanol–water partition coefficient (Wildman–Crippen LogP) is 1.30. The van der Waals surface area contributed by atoms with Crippen molar-refractivity contribution in [3.8, 4) is 0 Å². The number of ketones is 1. The molecule has 0 aliphatic carbocycles. The molecule has 4 nitrogen and oxygen atoms in total. The molecule has 1 aromatic rings. The zero-order valence-corrected chi connectivity index (χ0v) is 11.9. The Morgan fingerprint density at radius 2 is 1.84 bits per heavy atom. The molecule has 0 saturated carbocycles. The minimum absolute atomic E-state index is 0.131. The van der Waals surface area contributed by atoms with Gasteiger partial charge in [-0.15, -0.1) is 0 Å². The largest absolute Gasteiger partial charge is 0.301 e. The van der Waals surface area contributed by atoms with Crippen LogP contribution < -0.4 is 0 Å². The molecule has 0 aromatic heterocycles. The van der Waals surface area contributed by atoms with Gasteiger partial charge in [-0.2, -0.15) is 0 Å². The van der Waals surface area contributed by atoms with Gasteiger partial charge in [0.05, 0.1) is 11.5 Å². The fraction of sp³-hybridized carbons (Fsp3) is 0.500. The topological polar surface area (TPSA) is 54.5 Å². The second-order valence-electron chi connectivity index (χ2n) is 4.98. The number of benzene rings is 1. The standard InChI is InChI=1S/C14H19NO3S/c1-12-4-2-3-5-13(12)14(16)6-7-15-8-10-19(17,18)11-9-15/h2-5H,6-11H2,1H3. The van der Waals surface area contributed by atoms with Gasteiger partial charge in [-0.1, -0.05) is 24.3 Å². The van der Waals surface area contributed by atoms with Crippen molar-refractivity contribution in [1.82, 2.24) is 4.90 Å². The fourth-order valence-corrected chi connectivity index (χ4v) is 3.53. The highest BCUT2D eigenvalue weighted by Gasteiger charge is 2.21. The van der Waals surface area contributed by atoms with Crippen LogP contribution >= 0.6 is 0 Å². The minimum atomic E-state index is -2.84. The Morgan fingerprint density at radius 1 is 1.21 bits per heavy atom. The molecular formula is C14H19NO3S. The van der Waals surface area contributed by atoms with Gasteiger partial charge in [0.25, 0.3) is 0 Å². The summed E-state index contributed by atoms with van der Waals surface area (Å²) in [5, 5.41) is 0. The van der Waals surface area contributed by atoms with Crippen molar-refractivity contribution in [3.63, 3.8) is 0 Å². The molecule has 5 heteroatoms. The number of sulfone groups is 1. The number of Topliss-reactive ketones (excluding diaryl/α,β-unsaturated/α-hetero) is 1. The first-order valence-corrected chi connectivity index (χ1v) is 8.32.